The zero-order chi connectivity index (χ0) is 38.2. The van der Waals surface area contributed by atoms with E-state index in [1.54, 1.807) is 0 Å². The van der Waals surface area contributed by atoms with Gasteiger partial charge in [-0.15, -0.1) is 0 Å². The van der Waals surface area contributed by atoms with Crippen LogP contribution in [0.25, 0.3) is 0 Å². The summed E-state index contributed by atoms with van der Waals surface area (Å²) in [7, 11) is 0. The van der Waals surface area contributed by atoms with Gasteiger partial charge in [-0.3, -0.25) is 0 Å². The summed E-state index contributed by atoms with van der Waals surface area (Å²) in [6, 6.07) is 0. The molecule has 0 saturated carbocycles. The van der Waals surface area contributed by atoms with Crippen LogP contribution in [0.15, 0.2) is 12.7 Å². The van der Waals surface area contributed by atoms with Gasteiger partial charge < -0.3 is 42.6 Å². The molecular weight excluding hydrogens is 676 g/mol. The Balaban J connectivity index is 3.06. The quantitative estimate of drug-likeness (QED) is 0.0339. The molecule has 0 bridgehead atoms. The molecule has 10 nitrogen and oxygen atoms in total. The van der Waals surface area contributed by atoms with E-state index in [2.05, 4.69) is 13.5 Å². The zero-order valence-electron chi connectivity index (χ0n) is 34.4. The highest BCUT2D eigenvalue weighted by molar-refractivity contribution is 5.81. The minimum atomic E-state index is -0.440. The molecule has 0 N–H and O–H groups in total. The number of esters is 1. The third-order valence-corrected chi connectivity index (χ3v) is 8.62. The van der Waals surface area contributed by atoms with Crippen molar-refractivity contribution in [3.8, 4) is 0 Å². The molecule has 0 atom stereocenters. The summed E-state index contributed by atoms with van der Waals surface area (Å²) in [6.45, 7) is 16.6. The molecule has 316 valence electrons. The zero-order valence-corrected chi connectivity index (χ0v) is 34.4. The molecular formula is C43H84O10. The van der Waals surface area contributed by atoms with E-state index >= 15 is 0 Å². The average molecular weight is 761 g/mol. The molecule has 0 fully saturated rings. The smallest absolute Gasteiger partial charge is 0.330 e. The highest BCUT2D eigenvalue weighted by Gasteiger charge is 1.99. The first kappa shape index (κ1) is 51.9. The lowest BCUT2D eigenvalue weighted by molar-refractivity contribution is -0.139. The van der Waals surface area contributed by atoms with E-state index in [0.717, 1.165) is 84.2 Å². The Kier molecular flexibility index (Phi) is 47.9. The van der Waals surface area contributed by atoms with Gasteiger partial charge in [0, 0.05) is 92.0 Å². The van der Waals surface area contributed by atoms with Crippen molar-refractivity contribution >= 4 is 5.97 Å². The number of hydrogen-bond donors (Lipinski definition) is 0. The lowest BCUT2D eigenvalue weighted by atomic mass is 10.0. The lowest BCUT2D eigenvalue weighted by Crippen LogP contribution is -2.12. The van der Waals surface area contributed by atoms with Crippen molar-refractivity contribution in [2.45, 2.75) is 148 Å². The van der Waals surface area contributed by atoms with Crippen LogP contribution in [0, 0.1) is 0 Å². The molecule has 0 aromatic carbocycles. The van der Waals surface area contributed by atoms with Gasteiger partial charge in [0.2, 0.25) is 0 Å². The molecule has 0 aliphatic rings. The summed E-state index contributed by atoms with van der Waals surface area (Å²) in [5.41, 5.74) is 0. The molecule has 0 aromatic rings. The largest absolute Gasteiger partial charge is 0.460 e. The van der Waals surface area contributed by atoms with Crippen LogP contribution >= 0.6 is 0 Å². The van der Waals surface area contributed by atoms with Crippen LogP contribution < -0.4 is 0 Å². The number of rotatable bonds is 48. The van der Waals surface area contributed by atoms with Crippen molar-refractivity contribution in [1.29, 1.82) is 0 Å². The predicted molar refractivity (Wildman–Crippen MR) is 215 cm³/mol. The first-order chi connectivity index (χ1) is 26.3. The minimum absolute atomic E-state index is 0.223. The van der Waals surface area contributed by atoms with Crippen LogP contribution in [0.2, 0.25) is 0 Å². The lowest BCUT2D eigenvalue weighted by Gasteiger charge is -2.08. The van der Waals surface area contributed by atoms with Gasteiger partial charge in [0.1, 0.15) is 6.61 Å². The van der Waals surface area contributed by atoms with Crippen LogP contribution in [0.4, 0.5) is 0 Å². The SMILES string of the molecule is C=CC(=O)OCCOCCOCCCOCCCOCCCOCCCOCCCOCCCOCCCCCCCCCCCCCCCCCC. The highest BCUT2D eigenvalue weighted by Crippen LogP contribution is 2.13. The monoisotopic (exact) mass is 761 g/mol. The molecule has 10 heteroatoms. The van der Waals surface area contributed by atoms with Gasteiger partial charge in [0.05, 0.1) is 19.8 Å². The van der Waals surface area contributed by atoms with Gasteiger partial charge in [0.25, 0.3) is 0 Å². The summed E-state index contributed by atoms with van der Waals surface area (Å²) in [6.07, 6.45) is 28.9. The summed E-state index contributed by atoms with van der Waals surface area (Å²) in [5, 5.41) is 0. The van der Waals surface area contributed by atoms with Crippen molar-refractivity contribution in [3.05, 3.63) is 12.7 Å². The molecule has 0 aliphatic carbocycles. The van der Waals surface area contributed by atoms with E-state index in [-0.39, 0.29) is 6.61 Å². The molecule has 0 rings (SSSR count). The molecule has 0 radical (unpaired) electrons. The fraction of sp³-hybridized carbons (Fsp3) is 0.930. The molecule has 0 amide bonds. The predicted octanol–water partition coefficient (Wildman–Crippen LogP) is 9.45. The average Bonchev–Trinajstić information content (AvgIpc) is 3.17. The standard InChI is InChI=1S/C43H84O10/c1-3-5-6-7-8-9-10-11-12-13-14-15-16-17-18-19-26-45-27-20-28-46-29-21-30-47-31-22-32-48-33-23-34-49-35-24-36-50-37-25-38-51-39-40-52-41-42-53-43(44)4-2/h4H,2-3,5-42H2,1H3. The van der Waals surface area contributed by atoms with Gasteiger partial charge in [-0.05, 0) is 44.9 Å². The van der Waals surface area contributed by atoms with Crippen LogP contribution in [-0.2, 0) is 47.4 Å². The second-order valence-corrected chi connectivity index (χ2v) is 13.7. The van der Waals surface area contributed by atoms with Gasteiger partial charge in [-0.1, -0.05) is 110 Å². The maximum absolute atomic E-state index is 10.9. The van der Waals surface area contributed by atoms with E-state index in [1.165, 1.54) is 103 Å². The van der Waals surface area contributed by atoms with Crippen molar-refractivity contribution in [3.63, 3.8) is 0 Å². The van der Waals surface area contributed by atoms with Gasteiger partial charge in [-0.2, -0.15) is 0 Å². The number of hydrogen-bond acceptors (Lipinski definition) is 10. The van der Waals surface area contributed by atoms with Gasteiger partial charge in [0.15, 0.2) is 0 Å². The van der Waals surface area contributed by atoms with E-state index in [0.29, 0.717) is 66.1 Å². The molecule has 0 aromatic heterocycles. The summed E-state index contributed by atoms with van der Waals surface area (Å²) < 4.78 is 49.7. The Labute approximate surface area is 326 Å². The topological polar surface area (TPSA) is 100 Å². The molecule has 0 heterocycles. The Morgan fingerprint density at radius 3 is 0.849 bits per heavy atom. The van der Waals surface area contributed by atoms with Crippen molar-refractivity contribution in [2.75, 3.05) is 112 Å². The second-order valence-electron chi connectivity index (χ2n) is 13.7. The molecule has 0 aliphatic heterocycles. The molecule has 0 saturated heterocycles. The summed E-state index contributed by atoms with van der Waals surface area (Å²) in [4.78, 5) is 10.9. The summed E-state index contributed by atoms with van der Waals surface area (Å²) in [5.74, 6) is -0.440. The van der Waals surface area contributed by atoms with Crippen LogP contribution in [-0.4, -0.2) is 118 Å². The van der Waals surface area contributed by atoms with E-state index in [1.807, 2.05) is 0 Å². The van der Waals surface area contributed by atoms with Crippen LogP contribution in [0.1, 0.15) is 148 Å². The normalized spacial score (nSPS) is 11.4. The first-order valence-electron chi connectivity index (χ1n) is 21.7. The Hall–Kier alpha value is -1.11. The number of carbonyl (C=O) groups excluding carboxylic acids is 1. The first-order valence-corrected chi connectivity index (χ1v) is 21.7. The summed E-state index contributed by atoms with van der Waals surface area (Å²) >= 11 is 0. The van der Waals surface area contributed by atoms with Crippen LogP contribution in [0.3, 0.4) is 0 Å². The third kappa shape index (κ3) is 48.9. The molecule has 53 heavy (non-hydrogen) atoms. The highest BCUT2D eigenvalue weighted by atomic mass is 16.6. The Morgan fingerprint density at radius 2 is 0.547 bits per heavy atom. The van der Waals surface area contributed by atoms with Crippen molar-refractivity contribution in [2.24, 2.45) is 0 Å². The second kappa shape index (κ2) is 48.9. The van der Waals surface area contributed by atoms with E-state index in [4.69, 9.17) is 42.6 Å². The number of ether oxygens (including phenoxy) is 9. The van der Waals surface area contributed by atoms with Crippen molar-refractivity contribution in [1.82, 2.24) is 0 Å². The molecule has 0 unspecified atom stereocenters. The maximum Gasteiger partial charge on any atom is 0.330 e. The van der Waals surface area contributed by atoms with E-state index < -0.39 is 5.97 Å². The number of unbranched alkanes of at least 4 members (excludes halogenated alkanes) is 15. The fourth-order valence-electron chi connectivity index (χ4n) is 5.52. The number of carbonyl (C=O) groups is 1. The van der Waals surface area contributed by atoms with Crippen molar-refractivity contribution < 1.29 is 47.4 Å². The Morgan fingerprint density at radius 1 is 0.321 bits per heavy atom. The molecule has 0 spiro atoms. The minimum Gasteiger partial charge on any atom is -0.460 e. The van der Waals surface area contributed by atoms with Crippen LogP contribution in [0.5, 0.6) is 0 Å². The Bertz CT molecular complexity index is 696. The third-order valence-electron chi connectivity index (χ3n) is 8.62. The van der Waals surface area contributed by atoms with Gasteiger partial charge >= 0.3 is 5.97 Å². The maximum atomic E-state index is 10.9. The van der Waals surface area contributed by atoms with E-state index in [9.17, 15) is 4.79 Å². The fourth-order valence-corrected chi connectivity index (χ4v) is 5.52. The van der Waals surface area contributed by atoms with Gasteiger partial charge in [-0.25, -0.2) is 4.79 Å².